The standard InChI is InChI=1S/C21H24ClNO2/c22-19-10-7-16(8-11-19)4-3-13-23-21(24)15-25-20-12-9-17-5-1-2-6-18(17)14-20/h7-12,14H,1-6,13,15H2,(H,23,24). The third-order valence-electron chi connectivity index (χ3n) is 4.57. The first-order valence-electron chi connectivity index (χ1n) is 8.96. The number of rotatable bonds is 7. The molecule has 2 aromatic rings. The summed E-state index contributed by atoms with van der Waals surface area (Å²) in [5.41, 5.74) is 4.02. The summed E-state index contributed by atoms with van der Waals surface area (Å²) in [5.74, 6) is 0.714. The fourth-order valence-corrected chi connectivity index (χ4v) is 3.30. The molecule has 1 aliphatic rings. The van der Waals surface area contributed by atoms with Crippen LogP contribution in [0.15, 0.2) is 42.5 Å². The first-order chi connectivity index (χ1) is 12.2. The van der Waals surface area contributed by atoms with Crippen LogP contribution in [0.25, 0.3) is 0 Å². The highest BCUT2D eigenvalue weighted by atomic mass is 35.5. The summed E-state index contributed by atoms with van der Waals surface area (Å²) < 4.78 is 5.64. The lowest BCUT2D eigenvalue weighted by atomic mass is 9.92. The molecule has 0 bridgehead atoms. The van der Waals surface area contributed by atoms with Crippen molar-refractivity contribution in [3.8, 4) is 5.75 Å². The number of ether oxygens (including phenoxy) is 1. The molecule has 0 radical (unpaired) electrons. The molecule has 1 aliphatic carbocycles. The van der Waals surface area contributed by atoms with Crippen molar-refractivity contribution in [3.05, 3.63) is 64.2 Å². The van der Waals surface area contributed by atoms with Gasteiger partial charge in [0.1, 0.15) is 5.75 Å². The maximum absolute atomic E-state index is 11.9. The lowest BCUT2D eigenvalue weighted by Gasteiger charge is -2.16. The SMILES string of the molecule is O=C(COc1ccc2c(c1)CCCC2)NCCCc1ccc(Cl)cc1. The predicted molar refractivity (Wildman–Crippen MR) is 101 cm³/mol. The molecule has 0 unspecified atom stereocenters. The smallest absolute Gasteiger partial charge is 0.257 e. The van der Waals surface area contributed by atoms with E-state index in [9.17, 15) is 4.79 Å². The molecule has 0 saturated carbocycles. The molecule has 3 nitrogen and oxygen atoms in total. The van der Waals surface area contributed by atoms with E-state index in [0.717, 1.165) is 36.5 Å². The Morgan fingerprint density at radius 3 is 2.60 bits per heavy atom. The number of amides is 1. The fourth-order valence-electron chi connectivity index (χ4n) is 3.17. The molecule has 0 fully saturated rings. The molecule has 0 heterocycles. The lowest BCUT2D eigenvalue weighted by Crippen LogP contribution is -2.29. The van der Waals surface area contributed by atoms with Crippen LogP contribution in [-0.4, -0.2) is 19.1 Å². The lowest BCUT2D eigenvalue weighted by molar-refractivity contribution is -0.123. The third kappa shape index (κ3) is 5.50. The highest BCUT2D eigenvalue weighted by Gasteiger charge is 2.10. The van der Waals surface area contributed by atoms with Crippen LogP contribution >= 0.6 is 11.6 Å². The maximum Gasteiger partial charge on any atom is 0.257 e. The summed E-state index contributed by atoms with van der Waals surface area (Å²) in [6.07, 6.45) is 6.60. The van der Waals surface area contributed by atoms with Crippen molar-refractivity contribution in [2.45, 2.75) is 38.5 Å². The average Bonchev–Trinajstić information content (AvgIpc) is 2.65. The highest BCUT2D eigenvalue weighted by molar-refractivity contribution is 6.30. The summed E-state index contributed by atoms with van der Waals surface area (Å²) in [5, 5.41) is 3.65. The van der Waals surface area contributed by atoms with Crippen molar-refractivity contribution in [1.29, 1.82) is 0 Å². The van der Waals surface area contributed by atoms with Gasteiger partial charge in [0.25, 0.3) is 5.91 Å². The second-order valence-corrected chi connectivity index (χ2v) is 6.94. The van der Waals surface area contributed by atoms with Crippen LogP contribution in [0, 0.1) is 0 Å². The van der Waals surface area contributed by atoms with E-state index in [0.29, 0.717) is 6.54 Å². The number of halogens is 1. The molecular weight excluding hydrogens is 334 g/mol. The van der Waals surface area contributed by atoms with Gasteiger partial charge in [-0.15, -0.1) is 0 Å². The van der Waals surface area contributed by atoms with E-state index in [1.807, 2.05) is 30.3 Å². The molecule has 3 rings (SSSR count). The molecule has 0 atom stereocenters. The molecule has 0 saturated heterocycles. The first kappa shape index (κ1) is 17.8. The molecule has 1 N–H and O–H groups in total. The van der Waals surface area contributed by atoms with Gasteiger partial charge in [-0.3, -0.25) is 4.79 Å². The monoisotopic (exact) mass is 357 g/mol. The predicted octanol–water partition coefficient (Wildman–Crippen LogP) is 4.35. The normalized spacial score (nSPS) is 13.2. The zero-order valence-corrected chi connectivity index (χ0v) is 15.1. The van der Waals surface area contributed by atoms with Crippen molar-refractivity contribution in [3.63, 3.8) is 0 Å². The van der Waals surface area contributed by atoms with Crippen molar-refractivity contribution in [1.82, 2.24) is 5.32 Å². The summed E-state index contributed by atoms with van der Waals surface area (Å²) in [6.45, 7) is 0.717. The average molecular weight is 358 g/mol. The van der Waals surface area contributed by atoms with Crippen LogP contribution in [0.3, 0.4) is 0 Å². The highest BCUT2D eigenvalue weighted by Crippen LogP contribution is 2.25. The van der Waals surface area contributed by atoms with Crippen molar-refractivity contribution >= 4 is 17.5 Å². The van der Waals surface area contributed by atoms with Crippen LogP contribution in [-0.2, 0) is 24.1 Å². The van der Waals surface area contributed by atoms with Gasteiger partial charge in [-0.2, -0.15) is 0 Å². The van der Waals surface area contributed by atoms with Gasteiger partial charge in [0, 0.05) is 11.6 Å². The number of benzene rings is 2. The van der Waals surface area contributed by atoms with Gasteiger partial charge in [-0.1, -0.05) is 29.8 Å². The number of fused-ring (bicyclic) bond motifs is 1. The van der Waals surface area contributed by atoms with Crippen molar-refractivity contribution in [2.75, 3.05) is 13.2 Å². The minimum Gasteiger partial charge on any atom is -0.484 e. The van der Waals surface area contributed by atoms with Gasteiger partial charge in [0.05, 0.1) is 0 Å². The summed E-state index contributed by atoms with van der Waals surface area (Å²) in [4.78, 5) is 11.9. The Bertz CT molecular complexity index is 712. The molecule has 4 heteroatoms. The van der Waals surface area contributed by atoms with Gasteiger partial charge in [-0.05, 0) is 79.5 Å². The number of aryl methyl sites for hydroxylation is 3. The number of carbonyl (C=O) groups is 1. The molecule has 1 amide bonds. The summed E-state index contributed by atoms with van der Waals surface area (Å²) in [6, 6.07) is 14.0. The molecule has 2 aromatic carbocycles. The van der Waals surface area contributed by atoms with Gasteiger partial charge >= 0.3 is 0 Å². The largest absolute Gasteiger partial charge is 0.484 e. The minimum atomic E-state index is -0.0752. The van der Waals surface area contributed by atoms with Crippen LogP contribution < -0.4 is 10.1 Å². The van der Waals surface area contributed by atoms with E-state index in [-0.39, 0.29) is 12.5 Å². The van der Waals surface area contributed by atoms with Crippen LogP contribution in [0.4, 0.5) is 0 Å². The zero-order valence-electron chi connectivity index (χ0n) is 14.4. The Kier molecular flexibility index (Phi) is 6.35. The Labute approximate surface area is 154 Å². The number of carbonyl (C=O) groups excluding carboxylic acids is 1. The Morgan fingerprint density at radius 2 is 1.80 bits per heavy atom. The molecule has 0 aromatic heterocycles. The molecule has 132 valence electrons. The maximum atomic E-state index is 11.9. The number of hydrogen-bond acceptors (Lipinski definition) is 2. The van der Waals surface area contributed by atoms with Crippen LogP contribution in [0.2, 0.25) is 5.02 Å². The number of hydrogen-bond donors (Lipinski definition) is 1. The molecule has 0 spiro atoms. The van der Waals surface area contributed by atoms with Gasteiger partial charge in [-0.25, -0.2) is 0 Å². The molecular formula is C21H24ClNO2. The Morgan fingerprint density at radius 1 is 1.04 bits per heavy atom. The van der Waals surface area contributed by atoms with Crippen molar-refractivity contribution < 1.29 is 9.53 Å². The minimum absolute atomic E-state index is 0.0692. The van der Waals surface area contributed by atoms with E-state index >= 15 is 0 Å². The topological polar surface area (TPSA) is 38.3 Å². The Balaban J connectivity index is 1.36. The van der Waals surface area contributed by atoms with Crippen LogP contribution in [0.1, 0.15) is 36.0 Å². The second-order valence-electron chi connectivity index (χ2n) is 6.51. The van der Waals surface area contributed by atoms with E-state index in [1.54, 1.807) is 0 Å². The Hall–Kier alpha value is -2.00. The van der Waals surface area contributed by atoms with E-state index < -0.39 is 0 Å². The zero-order chi connectivity index (χ0) is 17.5. The second kappa shape index (κ2) is 8.91. The first-order valence-corrected chi connectivity index (χ1v) is 9.34. The van der Waals surface area contributed by atoms with E-state index in [1.165, 1.54) is 29.5 Å². The fraction of sp³-hybridized carbons (Fsp3) is 0.381. The van der Waals surface area contributed by atoms with Crippen LogP contribution in [0.5, 0.6) is 5.75 Å². The van der Waals surface area contributed by atoms with Gasteiger partial charge < -0.3 is 10.1 Å². The quantitative estimate of drug-likeness (QED) is 0.748. The summed E-state index contributed by atoms with van der Waals surface area (Å²) in [7, 11) is 0. The van der Waals surface area contributed by atoms with E-state index in [2.05, 4.69) is 17.4 Å². The summed E-state index contributed by atoms with van der Waals surface area (Å²) >= 11 is 5.87. The number of nitrogens with one attached hydrogen (secondary N) is 1. The third-order valence-corrected chi connectivity index (χ3v) is 4.82. The van der Waals surface area contributed by atoms with E-state index in [4.69, 9.17) is 16.3 Å². The molecule has 0 aliphatic heterocycles. The van der Waals surface area contributed by atoms with Gasteiger partial charge in [0.15, 0.2) is 6.61 Å². The van der Waals surface area contributed by atoms with Gasteiger partial charge in [0.2, 0.25) is 0 Å². The molecule has 25 heavy (non-hydrogen) atoms. The van der Waals surface area contributed by atoms with Crippen molar-refractivity contribution in [2.24, 2.45) is 0 Å².